The summed E-state index contributed by atoms with van der Waals surface area (Å²) in [5.74, 6) is 1.84. The van der Waals surface area contributed by atoms with Crippen molar-refractivity contribution < 1.29 is 9.84 Å². The van der Waals surface area contributed by atoms with E-state index in [1.165, 1.54) is 0 Å². The Kier molecular flexibility index (Phi) is 2.03. The molecule has 78 valence electrons. The lowest BCUT2D eigenvalue weighted by Gasteiger charge is -2.40. The van der Waals surface area contributed by atoms with E-state index in [4.69, 9.17) is 4.74 Å². The van der Waals surface area contributed by atoms with Crippen molar-refractivity contribution in [1.82, 2.24) is 0 Å². The van der Waals surface area contributed by atoms with Crippen molar-refractivity contribution in [2.24, 2.45) is 17.8 Å². The van der Waals surface area contributed by atoms with Crippen LogP contribution in [-0.2, 0) is 4.74 Å². The molecule has 0 aromatic rings. The van der Waals surface area contributed by atoms with Gasteiger partial charge in [0.25, 0.3) is 0 Å². The Labute approximate surface area is 89.3 Å². The Morgan fingerprint density at radius 1 is 1.13 bits per heavy atom. The fourth-order valence-corrected chi connectivity index (χ4v) is 2.64. The van der Waals surface area contributed by atoms with Gasteiger partial charge >= 0.3 is 0 Å². The lowest BCUT2D eigenvalue weighted by atomic mass is 9.73. The molecule has 4 unspecified atom stereocenters. The number of hydrogen-bond acceptors (Lipinski definition) is 2. The molecule has 1 aliphatic heterocycles. The van der Waals surface area contributed by atoms with Crippen LogP contribution in [0.5, 0.6) is 0 Å². The van der Waals surface area contributed by atoms with Gasteiger partial charge in [-0.2, -0.15) is 0 Å². The second kappa shape index (κ2) is 3.38. The molecular weight excluding hydrogens is 188 g/mol. The van der Waals surface area contributed by atoms with Crippen molar-refractivity contribution in [3.8, 4) is 0 Å². The largest absolute Gasteiger partial charge is 0.497 e. The zero-order valence-corrected chi connectivity index (χ0v) is 8.41. The van der Waals surface area contributed by atoms with Crippen molar-refractivity contribution in [1.29, 1.82) is 0 Å². The van der Waals surface area contributed by atoms with Crippen molar-refractivity contribution in [2.45, 2.75) is 6.10 Å². The van der Waals surface area contributed by atoms with Crippen molar-refractivity contribution in [3.05, 3.63) is 48.3 Å². The minimum absolute atomic E-state index is 0.106. The molecule has 1 fully saturated rings. The number of ether oxygens (including phenoxy) is 1. The molecule has 0 saturated carbocycles. The van der Waals surface area contributed by atoms with Gasteiger partial charge in [0, 0.05) is 5.92 Å². The van der Waals surface area contributed by atoms with E-state index >= 15 is 0 Å². The molecule has 1 saturated heterocycles. The second-order valence-electron chi connectivity index (χ2n) is 4.29. The standard InChI is InChI=1S/C13H14O2/c14-11-6-3-7-12-13(11)10-5-2-1-4-9(10)8-15-12/h1-7,9-11,13-14H,8H2. The summed E-state index contributed by atoms with van der Waals surface area (Å²) in [6.45, 7) is 0.731. The molecule has 0 aromatic heterocycles. The van der Waals surface area contributed by atoms with Crippen LogP contribution in [0.4, 0.5) is 0 Å². The molecule has 1 N–H and O–H groups in total. The molecule has 2 aliphatic carbocycles. The lowest BCUT2D eigenvalue weighted by molar-refractivity contribution is 0.0136. The highest BCUT2D eigenvalue weighted by atomic mass is 16.5. The van der Waals surface area contributed by atoms with E-state index in [-0.39, 0.29) is 5.92 Å². The van der Waals surface area contributed by atoms with E-state index in [9.17, 15) is 5.11 Å². The Hall–Kier alpha value is -1.28. The SMILES string of the molecule is OC1C=CC=C2OCC3C=CC=CC3C21. The molecule has 0 bridgehead atoms. The second-order valence-corrected chi connectivity index (χ2v) is 4.29. The van der Waals surface area contributed by atoms with E-state index in [1.807, 2.05) is 18.2 Å². The predicted octanol–water partition coefficient (Wildman–Crippen LogP) is 1.81. The van der Waals surface area contributed by atoms with Crippen LogP contribution in [0.3, 0.4) is 0 Å². The summed E-state index contributed by atoms with van der Waals surface area (Å²) in [4.78, 5) is 0. The number of hydrogen-bond donors (Lipinski definition) is 1. The van der Waals surface area contributed by atoms with Gasteiger partial charge in [0.1, 0.15) is 5.76 Å². The van der Waals surface area contributed by atoms with Crippen molar-refractivity contribution >= 4 is 0 Å². The van der Waals surface area contributed by atoms with E-state index in [1.54, 1.807) is 0 Å². The summed E-state index contributed by atoms with van der Waals surface area (Å²) >= 11 is 0. The first-order valence-corrected chi connectivity index (χ1v) is 5.40. The van der Waals surface area contributed by atoms with Gasteiger partial charge in [-0.05, 0) is 12.0 Å². The molecular formula is C13H14O2. The Morgan fingerprint density at radius 3 is 2.93 bits per heavy atom. The summed E-state index contributed by atoms with van der Waals surface area (Å²) < 4.78 is 5.69. The third-order valence-electron chi connectivity index (χ3n) is 3.42. The molecule has 2 nitrogen and oxygen atoms in total. The average Bonchev–Trinajstić information content (AvgIpc) is 2.29. The molecule has 2 heteroatoms. The average molecular weight is 202 g/mol. The molecule has 0 aromatic carbocycles. The van der Waals surface area contributed by atoms with Crippen LogP contribution in [0.1, 0.15) is 0 Å². The lowest BCUT2D eigenvalue weighted by Crippen LogP contribution is -2.40. The normalized spacial score (nSPS) is 41.5. The topological polar surface area (TPSA) is 29.5 Å². The maximum absolute atomic E-state index is 9.98. The van der Waals surface area contributed by atoms with Gasteiger partial charge in [-0.15, -0.1) is 0 Å². The van der Waals surface area contributed by atoms with Gasteiger partial charge in [-0.3, -0.25) is 0 Å². The van der Waals surface area contributed by atoms with Crippen LogP contribution in [0.15, 0.2) is 48.3 Å². The summed E-state index contributed by atoms with van der Waals surface area (Å²) in [6.07, 6.45) is 13.8. The molecule has 0 amide bonds. The molecule has 0 radical (unpaired) electrons. The number of aliphatic hydroxyl groups excluding tert-OH is 1. The quantitative estimate of drug-likeness (QED) is 0.649. The Balaban J connectivity index is 1.95. The Bertz CT molecular complexity index is 376. The molecule has 0 spiro atoms. The first-order valence-electron chi connectivity index (χ1n) is 5.40. The zero-order chi connectivity index (χ0) is 10.3. The van der Waals surface area contributed by atoms with Crippen molar-refractivity contribution in [3.63, 3.8) is 0 Å². The number of rotatable bonds is 0. The monoisotopic (exact) mass is 202 g/mol. The summed E-state index contributed by atoms with van der Waals surface area (Å²) in [7, 11) is 0. The minimum Gasteiger partial charge on any atom is -0.497 e. The third kappa shape index (κ3) is 1.37. The highest BCUT2D eigenvalue weighted by Gasteiger charge is 2.39. The van der Waals surface area contributed by atoms with E-state index in [2.05, 4.69) is 24.3 Å². The van der Waals surface area contributed by atoms with Crippen LogP contribution in [0, 0.1) is 17.8 Å². The van der Waals surface area contributed by atoms with Crippen LogP contribution < -0.4 is 0 Å². The number of fused-ring (bicyclic) bond motifs is 3. The molecule has 3 aliphatic rings. The summed E-state index contributed by atoms with van der Waals surface area (Å²) in [5.41, 5.74) is 0. The highest BCUT2D eigenvalue weighted by molar-refractivity contribution is 5.28. The zero-order valence-electron chi connectivity index (χ0n) is 8.41. The molecule has 1 heterocycles. The van der Waals surface area contributed by atoms with Gasteiger partial charge in [-0.1, -0.05) is 36.5 Å². The highest BCUT2D eigenvalue weighted by Crippen LogP contribution is 2.40. The molecule has 3 rings (SSSR count). The van der Waals surface area contributed by atoms with E-state index < -0.39 is 6.10 Å². The van der Waals surface area contributed by atoms with Gasteiger partial charge in [0.2, 0.25) is 0 Å². The summed E-state index contributed by atoms with van der Waals surface area (Å²) in [5, 5.41) is 9.98. The number of aliphatic hydroxyl groups is 1. The van der Waals surface area contributed by atoms with Gasteiger partial charge in [0.15, 0.2) is 0 Å². The first-order chi connectivity index (χ1) is 7.36. The third-order valence-corrected chi connectivity index (χ3v) is 3.42. The van der Waals surface area contributed by atoms with Crippen LogP contribution in [-0.4, -0.2) is 17.8 Å². The maximum atomic E-state index is 9.98. The summed E-state index contributed by atoms with van der Waals surface area (Å²) in [6, 6.07) is 0. The minimum atomic E-state index is -0.408. The van der Waals surface area contributed by atoms with E-state index in [0.29, 0.717) is 11.8 Å². The first kappa shape index (κ1) is 8.98. The predicted molar refractivity (Wildman–Crippen MR) is 57.9 cm³/mol. The fourth-order valence-electron chi connectivity index (χ4n) is 2.64. The van der Waals surface area contributed by atoms with Gasteiger partial charge in [-0.25, -0.2) is 0 Å². The number of allylic oxidation sites excluding steroid dienone is 5. The van der Waals surface area contributed by atoms with Crippen molar-refractivity contribution in [2.75, 3.05) is 6.61 Å². The molecule has 15 heavy (non-hydrogen) atoms. The van der Waals surface area contributed by atoms with Gasteiger partial charge in [0.05, 0.1) is 18.6 Å². The fraction of sp³-hybridized carbons (Fsp3) is 0.385. The maximum Gasteiger partial charge on any atom is 0.103 e. The Morgan fingerprint density at radius 2 is 2.00 bits per heavy atom. The molecule has 4 atom stereocenters. The van der Waals surface area contributed by atoms with E-state index in [0.717, 1.165) is 12.4 Å². The van der Waals surface area contributed by atoms with Crippen LogP contribution >= 0.6 is 0 Å². The van der Waals surface area contributed by atoms with Gasteiger partial charge < -0.3 is 9.84 Å². The smallest absolute Gasteiger partial charge is 0.103 e. The van der Waals surface area contributed by atoms with Crippen LogP contribution in [0.2, 0.25) is 0 Å². The van der Waals surface area contributed by atoms with Crippen LogP contribution in [0.25, 0.3) is 0 Å².